The van der Waals surface area contributed by atoms with Gasteiger partial charge >= 0.3 is 0 Å². The highest BCUT2D eigenvalue weighted by atomic mass is 35.5. The molecule has 1 aliphatic carbocycles. The van der Waals surface area contributed by atoms with E-state index < -0.39 is 0 Å². The van der Waals surface area contributed by atoms with Crippen LogP contribution in [-0.4, -0.2) is 31.4 Å². The number of aromatic nitrogens is 4. The van der Waals surface area contributed by atoms with Gasteiger partial charge in [-0.3, -0.25) is 9.36 Å². The largest absolute Gasteiger partial charge is 0.397 e. The Balaban J connectivity index is 1.38. The number of hydrogen-bond acceptors (Lipinski definition) is 7. The van der Waals surface area contributed by atoms with E-state index in [1.54, 1.807) is 12.3 Å². The van der Waals surface area contributed by atoms with E-state index in [-0.39, 0.29) is 11.7 Å². The molecular formula is C21H19ClN6OS2. The van der Waals surface area contributed by atoms with Crippen molar-refractivity contribution in [1.29, 1.82) is 0 Å². The summed E-state index contributed by atoms with van der Waals surface area (Å²) < 4.78 is 2.11. The third kappa shape index (κ3) is 3.88. The molecule has 0 atom stereocenters. The normalized spacial score (nSPS) is 13.6. The van der Waals surface area contributed by atoms with Crippen LogP contribution in [0.1, 0.15) is 24.4 Å². The standard InChI is InChI=1S/C21H19ClN6OS2/c1-11-14(22)5-2-6-15(11)25-16(29)10-30-21-27-26-19(28(21)12-7-8-12)18-17(23)13-4-3-9-24-20(13)31-18/h2-6,9,12H,7-8,10,23H2,1H3,(H,25,29). The molecule has 7 nitrogen and oxygen atoms in total. The number of carbonyl (C=O) groups is 1. The van der Waals surface area contributed by atoms with Crippen LogP contribution in [0.4, 0.5) is 11.4 Å². The van der Waals surface area contributed by atoms with Crippen molar-refractivity contribution in [1.82, 2.24) is 19.7 Å². The lowest BCUT2D eigenvalue weighted by atomic mass is 10.2. The quantitative estimate of drug-likeness (QED) is 0.377. The predicted molar refractivity (Wildman–Crippen MR) is 127 cm³/mol. The Morgan fingerprint density at radius 3 is 2.94 bits per heavy atom. The van der Waals surface area contributed by atoms with Gasteiger partial charge in [-0.05, 0) is 49.6 Å². The van der Waals surface area contributed by atoms with Crippen LogP contribution < -0.4 is 11.1 Å². The second-order valence-corrected chi connectivity index (χ2v) is 9.71. The first-order valence-electron chi connectivity index (χ1n) is 9.79. The van der Waals surface area contributed by atoms with Crippen molar-refractivity contribution < 1.29 is 4.79 Å². The maximum absolute atomic E-state index is 12.5. The van der Waals surface area contributed by atoms with E-state index in [1.807, 2.05) is 31.2 Å². The van der Waals surface area contributed by atoms with Crippen molar-refractivity contribution >= 4 is 62.2 Å². The van der Waals surface area contributed by atoms with Gasteiger partial charge < -0.3 is 11.1 Å². The lowest BCUT2D eigenvalue weighted by Crippen LogP contribution is -2.15. The third-order valence-corrected chi connectivity index (χ3v) is 7.64. The molecule has 0 radical (unpaired) electrons. The Bertz CT molecular complexity index is 1300. The number of rotatable bonds is 6. The Kier molecular flexibility index (Phi) is 5.33. The first kappa shape index (κ1) is 20.3. The molecule has 31 heavy (non-hydrogen) atoms. The highest BCUT2D eigenvalue weighted by Gasteiger charge is 2.32. The van der Waals surface area contributed by atoms with Crippen LogP contribution in [0.15, 0.2) is 41.7 Å². The summed E-state index contributed by atoms with van der Waals surface area (Å²) in [6, 6.07) is 9.64. The van der Waals surface area contributed by atoms with Gasteiger partial charge in [0.15, 0.2) is 11.0 Å². The lowest BCUT2D eigenvalue weighted by molar-refractivity contribution is -0.113. The number of fused-ring (bicyclic) bond motifs is 1. The fourth-order valence-electron chi connectivity index (χ4n) is 3.37. The van der Waals surface area contributed by atoms with Crippen LogP contribution in [0.5, 0.6) is 0 Å². The Labute approximate surface area is 192 Å². The molecule has 5 rings (SSSR count). The molecule has 0 bridgehead atoms. The maximum atomic E-state index is 12.5. The average molecular weight is 471 g/mol. The smallest absolute Gasteiger partial charge is 0.234 e. The Morgan fingerprint density at radius 1 is 1.32 bits per heavy atom. The van der Waals surface area contributed by atoms with Gasteiger partial charge in [-0.2, -0.15) is 0 Å². The van der Waals surface area contributed by atoms with Gasteiger partial charge in [-0.15, -0.1) is 21.5 Å². The fourth-order valence-corrected chi connectivity index (χ4v) is 5.39. The zero-order valence-electron chi connectivity index (χ0n) is 16.6. The summed E-state index contributed by atoms with van der Waals surface area (Å²) in [5.74, 6) is 0.852. The molecule has 1 amide bonds. The summed E-state index contributed by atoms with van der Waals surface area (Å²) >= 11 is 9.04. The molecule has 0 aliphatic heterocycles. The molecule has 3 aromatic heterocycles. The van der Waals surface area contributed by atoms with E-state index in [1.165, 1.54) is 23.1 Å². The summed E-state index contributed by atoms with van der Waals surface area (Å²) in [6.07, 6.45) is 3.89. The number of halogens is 1. The number of nitrogens with two attached hydrogens (primary N) is 1. The molecule has 158 valence electrons. The van der Waals surface area contributed by atoms with Crippen molar-refractivity contribution in [2.24, 2.45) is 0 Å². The van der Waals surface area contributed by atoms with Crippen LogP contribution in [0.2, 0.25) is 5.02 Å². The topological polar surface area (TPSA) is 98.7 Å². The van der Waals surface area contributed by atoms with E-state index in [9.17, 15) is 4.79 Å². The van der Waals surface area contributed by atoms with Crippen molar-refractivity contribution in [3.8, 4) is 10.7 Å². The van der Waals surface area contributed by atoms with Crippen LogP contribution in [0.25, 0.3) is 20.9 Å². The summed E-state index contributed by atoms with van der Waals surface area (Å²) in [5, 5.41) is 14.0. The number of nitrogens with zero attached hydrogens (tertiary/aromatic N) is 4. The molecular weight excluding hydrogens is 452 g/mol. The first-order valence-corrected chi connectivity index (χ1v) is 12.0. The number of hydrogen-bond donors (Lipinski definition) is 2. The number of anilines is 2. The molecule has 0 spiro atoms. The van der Waals surface area contributed by atoms with E-state index in [2.05, 4.69) is 25.1 Å². The van der Waals surface area contributed by atoms with E-state index in [0.717, 1.165) is 44.5 Å². The Hall–Kier alpha value is -2.62. The highest BCUT2D eigenvalue weighted by Crippen LogP contribution is 2.45. The minimum absolute atomic E-state index is 0.118. The van der Waals surface area contributed by atoms with Crippen molar-refractivity contribution in [2.45, 2.75) is 31.0 Å². The fraction of sp³-hybridized carbons (Fsp3) is 0.238. The molecule has 4 aromatic rings. The lowest BCUT2D eigenvalue weighted by Gasteiger charge is -2.10. The zero-order valence-corrected chi connectivity index (χ0v) is 19.0. The third-order valence-electron chi connectivity index (χ3n) is 5.16. The minimum Gasteiger partial charge on any atom is -0.397 e. The van der Waals surface area contributed by atoms with Gasteiger partial charge in [0, 0.05) is 28.3 Å². The number of nitrogens with one attached hydrogen (secondary N) is 1. The Morgan fingerprint density at radius 2 is 2.16 bits per heavy atom. The molecule has 1 aliphatic rings. The molecule has 1 saturated carbocycles. The molecule has 10 heteroatoms. The van der Waals surface area contributed by atoms with Crippen molar-refractivity contribution in [3.63, 3.8) is 0 Å². The molecule has 1 aromatic carbocycles. The molecule has 3 N–H and O–H groups in total. The second-order valence-electron chi connectivity index (χ2n) is 7.36. The number of pyridine rings is 1. The van der Waals surface area contributed by atoms with E-state index in [4.69, 9.17) is 17.3 Å². The number of carbonyl (C=O) groups excluding carboxylic acids is 1. The van der Waals surface area contributed by atoms with Gasteiger partial charge in [0.25, 0.3) is 0 Å². The van der Waals surface area contributed by atoms with Gasteiger partial charge in [0.2, 0.25) is 5.91 Å². The van der Waals surface area contributed by atoms with E-state index in [0.29, 0.717) is 22.4 Å². The number of amides is 1. The van der Waals surface area contributed by atoms with Crippen molar-refractivity contribution in [2.75, 3.05) is 16.8 Å². The minimum atomic E-state index is -0.118. The molecule has 1 fully saturated rings. The number of benzene rings is 1. The van der Waals surface area contributed by atoms with E-state index >= 15 is 0 Å². The van der Waals surface area contributed by atoms with Gasteiger partial charge in [-0.1, -0.05) is 29.4 Å². The average Bonchev–Trinajstić information content (AvgIpc) is 3.44. The van der Waals surface area contributed by atoms with Crippen LogP contribution in [-0.2, 0) is 4.79 Å². The van der Waals surface area contributed by atoms with Gasteiger partial charge in [-0.25, -0.2) is 4.98 Å². The summed E-state index contributed by atoms with van der Waals surface area (Å²) in [5.41, 5.74) is 8.65. The van der Waals surface area contributed by atoms with Crippen LogP contribution >= 0.6 is 34.7 Å². The highest BCUT2D eigenvalue weighted by molar-refractivity contribution is 7.99. The first-order chi connectivity index (χ1) is 15.0. The van der Waals surface area contributed by atoms with Crippen LogP contribution in [0, 0.1) is 6.92 Å². The zero-order chi connectivity index (χ0) is 21.5. The summed E-state index contributed by atoms with van der Waals surface area (Å²) in [7, 11) is 0. The summed E-state index contributed by atoms with van der Waals surface area (Å²) in [6.45, 7) is 1.88. The summed E-state index contributed by atoms with van der Waals surface area (Å²) in [4.78, 5) is 18.7. The molecule has 3 heterocycles. The SMILES string of the molecule is Cc1c(Cl)cccc1NC(=O)CSc1nnc(-c2sc3ncccc3c2N)n1C1CC1. The van der Waals surface area contributed by atoms with Gasteiger partial charge in [0.1, 0.15) is 4.83 Å². The number of thioether (sulfide) groups is 1. The monoisotopic (exact) mass is 470 g/mol. The maximum Gasteiger partial charge on any atom is 0.234 e. The van der Waals surface area contributed by atoms with Crippen molar-refractivity contribution in [3.05, 3.63) is 47.1 Å². The second kappa shape index (κ2) is 8.14. The molecule has 0 unspecified atom stereocenters. The number of thiophene rings is 1. The molecule has 0 saturated heterocycles. The van der Waals surface area contributed by atoms with Crippen LogP contribution in [0.3, 0.4) is 0 Å². The number of nitrogen functional groups attached to an aromatic ring is 1. The van der Waals surface area contributed by atoms with Gasteiger partial charge in [0.05, 0.1) is 16.3 Å². The predicted octanol–water partition coefficient (Wildman–Crippen LogP) is 5.16.